The number of rotatable bonds is 4. The van der Waals surface area contributed by atoms with Gasteiger partial charge in [0.05, 0.1) is 14.2 Å². The smallest absolute Gasteiger partial charge is 0.161 e. The molecule has 0 radical (unpaired) electrons. The van der Waals surface area contributed by atoms with Gasteiger partial charge in [-0.1, -0.05) is 6.42 Å². The van der Waals surface area contributed by atoms with Gasteiger partial charge in [0.1, 0.15) is 0 Å². The highest BCUT2D eigenvalue weighted by Gasteiger charge is 2.24. The van der Waals surface area contributed by atoms with Gasteiger partial charge in [-0.25, -0.2) is 0 Å². The van der Waals surface area contributed by atoms with E-state index in [1.807, 2.05) is 0 Å². The molecule has 1 atom stereocenters. The highest BCUT2D eigenvalue weighted by atomic mass is 16.5. The summed E-state index contributed by atoms with van der Waals surface area (Å²) in [5, 5.41) is 3.67. The van der Waals surface area contributed by atoms with Crippen molar-refractivity contribution in [2.24, 2.45) is 0 Å². The quantitative estimate of drug-likeness (QED) is 0.923. The monoisotopic (exact) mass is 290 g/mol. The first kappa shape index (κ1) is 14.7. The number of nitrogens with one attached hydrogen (secondary N) is 1. The van der Waals surface area contributed by atoms with Crippen LogP contribution in [0.5, 0.6) is 11.5 Å². The molecule has 116 valence electrons. The zero-order valence-corrected chi connectivity index (χ0v) is 13.2. The number of methoxy groups -OCH3 is 2. The molecule has 2 heterocycles. The van der Waals surface area contributed by atoms with Crippen molar-refractivity contribution in [3.63, 3.8) is 0 Å². The van der Waals surface area contributed by atoms with Crippen molar-refractivity contribution in [3.8, 4) is 11.5 Å². The van der Waals surface area contributed by atoms with Crippen LogP contribution in [0.15, 0.2) is 12.1 Å². The molecule has 1 unspecified atom stereocenters. The third kappa shape index (κ3) is 3.16. The Morgan fingerprint density at radius 1 is 1.10 bits per heavy atom. The molecule has 21 heavy (non-hydrogen) atoms. The fraction of sp³-hybridized carbons (Fsp3) is 0.647. The maximum atomic E-state index is 5.47. The lowest BCUT2D eigenvalue weighted by Gasteiger charge is -2.34. The SMILES string of the molecule is COc1cc2c(cc1OC)C(CN1CCCCC1)NCC2. The molecule has 0 spiro atoms. The summed E-state index contributed by atoms with van der Waals surface area (Å²) in [7, 11) is 3.41. The number of hydrogen-bond acceptors (Lipinski definition) is 4. The van der Waals surface area contributed by atoms with E-state index >= 15 is 0 Å². The Hall–Kier alpha value is -1.26. The van der Waals surface area contributed by atoms with E-state index in [1.54, 1.807) is 14.2 Å². The van der Waals surface area contributed by atoms with Crippen molar-refractivity contribution in [2.45, 2.75) is 31.7 Å². The van der Waals surface area contributed by atoms with E-state index in [-0.39, 0.29) is 0 Å². The molecule has 0 saturated carbocycles. The predicted molar refractivity (Wildman–Crippen MR) is 84.3 cm³/mol. The zero-order chi connectivity index (χ0) is 14.7. The summed E-state index contributed by atoms with van der Waals surface area (Å²) >= 11 is 0. The molecule has 0 amide bonds. The molecular weight excluding hydrogens is 264 g/mol. The molecule has 2 aliphatic heterocycles. The Morgan fingerprint density at radius 3 is 2.52 bits per heavy atom. The molecule has 2 aliphatic rings. The lowest BCUT2D eigenvalue weighted by Crippen LogP contribution is -2.41. The average molecular weight is 290 g/mol. The summed E-state index contributed by atoms with van der Waals surface area (Å²) in [4.78, 5) is 2.59. The summed E-state index contributed by atoms with van der Waals surface area (Å²) in [6.45, 7) is 4.62. The van der Waals surface area contributed by atoms with E-state index < -0.39 is 0 Å². The number of likely N-dealkylation sites (tertiary alicyclic amines) is 1. The van der Waals surface area contributed by atoms with Crippen LogP contribution in [-0.4, -0.2) is 45.3 Å². The normalized spacial score (nSPS) is 22.7. The van der Waals surface area contributed by atoms with Gasteiger partial charge >= 0.3 is 0 Å². The van der Waals surface area contributed by atoms with E-state index in [9.17, 15) is 0 Å². The molecule has 1 aromatic carbocycles. The molecule has 1 aromatic rings. The minimum atomic E-state index is 0.409. The van der Waals surface area contributed by atoms with Crippen molar-refractivity contribution in [3.05, 3.63) is 23.3 Å². The van der Waals surface area contributed by atoms with Gasteiger partial charge in [-0.3, -0.25) is 0 Å². The second-order valence-corrected chi connectivity index (χ2v) is 6.02. The van der Waals surface area contributed by atoms with E-state index in [4.69, 9.17) is 9.47 Å². The van der Waals surface area contributed by atoms with Gasteiger partial charge in [0.25, 0.3) is 0 Å². The van der Waals surface area contributed by atoms with Gasteiger partial charge in [-0.2, -0.15) is 0 Å². The van der Waals surface area contributed by atoms with Gasteiger partial charge in [-0.05, 0) is 62.2 Å². The summed E-state index contributed by atoms with van der Waals surface area (Å²) in [5.74, 6) is 1.68. The number of nitrogens with zero attached hydrogens (tertiary/aromatic N) is 1. The lowest BCUT2D eigenvalue weighted by atomic mass is 9.93. The number of ether oxygens (including phenoxy) is 2. The van der Waals surface area contributed by atoms with Crippen LogP contribution in [0.2, 0.25) is 0 Å². The number of fused-ring (bicyclic) bond motifs is 1. The predicted octanol–water partition coefficient (Wildman–Crippen LogP) is 2.38. The maximum Gasteiger partial charge on any atom is 0.161 e. The van der Waals surface area contributed by atoms with Crippen LogP contribution in [0.25, 0.3) is 0 Å². The van der Waals surface area contributed by atoms with E-state index in [0.29, 0.717) is 6.04 Å². The van der Waals surface area contributed by atoms with Crippen LogP contribution in [0.4, 0.5) is 0 Å². The van der Waals surface area contributed by atoms with E-state index in [1.165, 1.54) is 43.5 Å². The molecule has 1 N–H and O–H groups in total. The highest BCUT2D eigenvalue weighted by molar-refractivity contribution is 5.49. The van der Waals surface area contributed by atoms with Gasteiger partial charge in [0.2, 0.25) is 0 Å². The summed E-state index contributed by atoms with van der Waals surface area (Å²) < 4.78 is 10.9. The van der Waals surface area contributed by atoms with Crippen molar-refractivity contribution in [2.75, 3.05) is 40.4 Å². The first-order chi connectivity index (χ1) is 10.3. The fourth-order valence-electron chi connectivity index (χ4n) is 3.53. The molecule has 4 heteroatoms. The Labute approximate surface area is 127 Å². The fourth-order valence-corrected chi connectivity index (χ4v) is 3.53. The number of piperidine rings is 1. The lowest BCUT2D eigenvalue weighted by molar-refractivity contribution is 0.203. The van der Waals surface area contributed by atoms with Crippen LogP contribution in [0, 0.1) is 0 Å². The summed E-state index contributed by atoms with van der Waals surface area (Å²) in [6.07, 6.45) is 5.12. The third-order valence-electron chi connectivity index (χ3n) is 4.70. The maximum absolute atomic E-state index is 5.47. The van der Waals surface area contributed by atoms with Crippen LogP contribution in [0.3, 0.4) is 0 Å². The van der Waals surface area contributed by atoms with Gasteiger partial charge in [0, 0.05) is 12.6 Å². The second kappa shape index (κ2) is 6.67. The third-order valence-corrected chi connectivity index (χ3v) is 4.70. The Kier molecular flexibility index (Phi) is 4.66. The van der Waals surface area contributed by atoms with Crippen LogP contribution < -0.4 is 14.8 Å². The minimum Gasteiger partial charge on any atom is -0.493 e. The Balaban J connectivity index is 1.82. The van der Waals surface area contributed by atoms with Gasteiger partial charge < -0.3 is 19.7 Å². The van der Waals surface area contributed by atoms with Crippen LogP contribution in [0.1, 0.15) is 36.4 Å². The van der Waals surface area contributed by atoms with Crippen LogP contribution >= 0.6 is 0 Å². The molecule has 0 aromatic heterocycles. The van der Waals surface area contributed by atoms with Crippen molar-refractivity contribution in [1.29, 1.82) is 0 Å². The largest absolute Gasteiger partial charge is 0.493 e. The molecular formula is C17H26N2O2. The number of hydrogen-bond donors (Lipinski definition) is 1. The highest BCUT2D eigenvalue weighted by Crippen LogP contribution is 2.35. The molecule has 0 bridgehead atoms. The molecule has 3 rings (SSSR count). The van der Waals surface area contributed by atoms with Crippen LogP contribution in [-0.2, 0) is 6.42 Å². The average Bonchev–Trinajstić information content (AvgIpc) is 2.55. The standard InChI is InChI=1S/C17H26N2O2/c1-20-16-10-13-6-7-18-15(14(13)11-17(16)21-2)12-19-8-4-3-5-9-19/h10-11,15,18H,3-9,12H2,1-2H3. The molecule has 0 aliphatic carbocycles. The molecule has 1 fully saturated rings. The Bertz CT molecular complexity index is 484. The second-order valence-electron chi connectivity index (χ2n) is 6.02. The van der Waals surface area contributed by atoms with E-state index in [0.717, 1.165) is 31.0 Å². The molecule has 1 saturated heterocycles. The van der Waals surface area contributed by atoms with Gasteiger partial charge in [0.15, 0.2) is 11.5 Å². The van der Waals surface area contributed by atoms with Gasteiger partial charge in [-0.15, -0.1) is 0 Å². The zero-order valence-electron chi connectivity index (χ0n) is 13.2. The first-order valence-corrected chi connectivity index (χ1v) is 8.02. The first-order valence-electron chi connectivity index (χ1n) is 8.02. The van der Waals surface area contributed by atoms with Crippen molar-refractivity contribution < 1.29 is 9.47 Å². The Morgan fingerprint density at radius 2 is 1.81 bits per heavy atom. The number of benzene rings is 1. The van der Waals surface area contributed by atoms with E-state index in [2.05, 4.69) is 22.3 Å². The topological polar surface area (TPSA) is 33.7 Å². The molecule has 4 nitrogen and oxygen atoms in total. The van der Waals surface area contributed by atoms with Crippen molar-refractivity contribution in [1.82, 2.24) is 10.2 Å². The summed E-state index contributed by atoms with van der Waals surface area (Å²) in [5.41, 5.74) is 2.78. The minimum absolute atomic E-state index is 0.409. The van der Waals surface area contributed by atoms with Crippen molar-refractivity contribution >= 4 is 0 Å². The summed E-state index contributed by atoms with van der Waals surface area (Å²) in [6, 6.07) is 4.72.